The molecule has 1 aromatic carbocycles. The third-order valence-electron chi connectivity index (χ3n) is 3.78. The van der Waals surface area contributed by atoms with E-state index < -0.39 is 0 Å². The van der Waals surface area contributed by atoms with Crippen LogP contribution < -0.4 is 10.5 Å². The van der Waals surface area contributed by atoms with E-state index in [1.54, 1.807) is 7.11 Å². The molecule has 20 heavy (non-hydrogen) atoms. The Morgan fingerprint density at radius 2 is 2.25 bits per heavy atom. The highest BCUT2D eigenvalue weighted by atomic mass is 16.5. The lowest BCUT2D eigenvalue weighted by molar-refractivity contribution is 0.412. The summed E-state index contributed by atoms with van der Waals surface area (Å²) in [7, 11) is 1.63. The van der Waals surface area contributed by atoms with Crippen molar-refractivity contribution in [3.63, 3.8) is 0 Å². The molecule has 1 aromatic heterocycles. The molecule has 106 valence electrons. The fourth-order valence-electron chi connectivity index (χ4n) is 2.55. The minimum atomic E-state index is 0.261. The SMILES string of the molecule is COc1cccc(N)c1-c1nnnn1C(C)CC1CC1. The minimum Gasteiger partial charge on any atom is -0.496 e. The second-order valence-corrected chi connectivity index (χ2v) is 5.40. The van der Waals surface area contributed by atoms with Crippen LogP contribution in [0.4, 0.5) is 5.69 Å². The van der Waals surface area contributed by atoms with Gasteiger partial charge in [0.2, 0.25) is 0 Å². The Morgan fingerprint density at radius 1 is 1.45 bits per heavy atom. The zero-order valence-corrected chi connectivity index (χ0v) is 11.8. The minimum absolute atomic E-state index is 0.261. The first-order chi connectivity index (χ1) is 9.70. The third-order valence-corrected chi connectivity index (χ3v) is 3.78. The van der Waals surface area contributed by atoms with Crippen molar-refractivity contribution in [3.8, 4) is 17.1 Å². The summed E-state index contributed by atoms with van der Waals surface area (Å²) in [6.07, 6.45) is 3.74. The molecule has 1 unspecified atom stereocenters. The summed E-state index contributed by atoms with van der Waals surface area (Å²) < 4.78 is 7.24. The zero-order valence-electron chi connectivity index (χ0n) is 11.8. The van der Waals surface area contributed by atoms with E-state index in [-0.39, 0.29) is 6.04 Å². The molecule has 3 rings (SSSR count). The third kappa shape index (κ3) is 2.33. The Hall–Kier alpha value is -2.11. The van der Waals surface area contributed by atoms with Gasteiger partial charge in [0.25, 0.3) is 0 Å². The quantitative estimate of drug-likeness (QED) is 0.845. The number of hydrogen-bond donors (Lipinski definition) is 1. The normalized spacial score (nSPS) is 16.1. The number of aromatic nitrogens is 4. The standard InChI is InChI=1S/C14H19N5O/c1-9(8-10-6-7-10)19-14(16-17-18-19)13-11(15)4-3-5-12(13)20-2/h3-5,9-10H,6-8,15H2,1-2H3. The van der Waals surface area contributed by atoms with Crippen LogP contribution >= 0.6 is 0 Å². The number of rotatable bonds is 5. The van der Waals surface area contributed by atoms with Gasteiger partial charge in [0, 0.05) is 5.69 Å². The van der Waals surface area contributed by atoms with E-state index in [2.05, 4.69) is 22.4 Å². The maximum absolute atomic E-state index is 6.08. The fraction of sp³-hybridized carbons (Fsp3) is 0.500. The van der Waals surface area contributed by atoms with Crippen LogP contribution in [0.15, 0.2) is 18.2 Å². The van der Waals surface area contributed by atoms with Crippen LogP contribution in [0.3, 0.4) is 0 Å². The summed E-state index contributed by atoms with van der Waals surface area (Å²) in [4.78, 5) is 0. The van der Waals surface area contributed by atoms with E-state index in [1.165, 1.54) is 12.8 Å². The van der Waals surface area contributed by atoms with Crippen molar-refractivity contribution in [1.82, 2.24) is 20.2 Å². The van der Waals surface area contributed by atoms with Gasteiger partial charge in [0.1, 0.15) is 5.75 Å². The van der Waals surface area contributed by atoms with Crippen LogP contribution in [0.25, 0.3) is 11.4 Å². The first kappa shape index (κ1) is 12.9. The molecule has 0 bridgehead atoms. The number of anilines is 1. The fourth-order valence-corrected chi connectivity index (χ4v) is 2.55. The molecule has 1 fully saturated rings. The molecule has 0 aliphatic heterocycles. The molecule has 6 heteroatoms. The second-order valence-electron chi connectivity index (χ2n) is 5.40. The molecule has 6 nitrogen and oxygen atoms in total. The highest BCUT2D eigenvalue weighted by Crippen LogP contribution is 2.39. The molecule has 1 saturated carbocycles. The van der Waals surface area contributed by atoms with Crippen LogP contribution in [0.5, 0.6) is 5.75 Å². The topological polar surface area (TPSA) is 78.8 Å². The van der Waals surface area contributed by atoms with Crippen LogP contribution in [-0.2, 0) is 0 Å². The number of benzene rings is 1. The molecule has 1 heterocycles. The van der Waals surface area contributed by atoms with Gasteiger partial charge >= 0.3 is 0 Å². The first-order valence-electron chi connectivity index (χ1n) is 6.91. The van der Waals surface area contributed by atoms with Crippen molar-refractivity contribution in [2.45, 2.75) is 32.2 Å². The Bertz CT molecular complexity index is 605. The van der Waals surface area contributed by atoms with Crippen LogP contribution in [0.2, 0.25) is 0 Å². The van der Waals surface area contributed by atoms with Gasteiger partial charge in [0.15, 0.2) is 5.82 Å². The zero-order chi connectivity index (χ0) is 14.1. The summed E-state index contributed by atoms with van der Waals surface area (Å²) in [5.41, 5.74) is 7.47. The van der Waals surface area contributed by atoms with Crippen molar-refractivity contribution in [2.24, 2.45) is 5.92 Å². The van der Waals surface area contributed by atoms with Crippen LogP contribution in [0, 0.1) is 5.92 Å². The lowest BCUT2D eigenvalue weighted by atomic mass is 10.1. The van der Waals surface area contributed by atoms with Gasteiger partial charge in [-0.3, -0.25) is 0 Å². The van der Waals surface area contributed by atoms with Gasteiger partial charge in [-0.1, -0.05) is 18.9 Å². The van der Waals surface area contributed by atoms with Gasteiger partial charge in [-0.2, -0.15) is 0 Å². The number of tetrazole rings is 1. The molecule has 0 saturated heterocycles. The van der Waals surface area contributed by atoms with Gasteiger partial charge in [-0.25, -0.2) is 4.68 Å². The smallest absolute Gasteiger partial charge is 0.188 e. The number of nitrogens with zero attached hydrogens (tertiary/aromatic N) is 4. The first-order valence-corrected chi connectivity index (χ1v) is 6.91. The Morgan fingerprint density at radius 3 is 2.95 bits per heavy atom. The van der Waals surface area contributed by atoms with E-state index in [4.69, 9.17) is 10.5 Å². The Labute approximate surface area is 117 Å². The van der Waals surface area contributed by atoms with Gasteiger partial charge in [-0.15, -0.1) is 5.10 Å². The Balaban J connectivity index is 2.00. The van der Waals surface area contributed by atoms with Gasteiger partial charge in [-0.05, 0) is 41.8 Å². The number of nitrogens with two attached hydrogens (primary N) is 1. The van der Waals surface area contributed by atoms with Crippen LogP contribution in [-0.4, -0.2) is 27.3 Å². The maximum atomic E-state index is 6.08. The summed E-state index contributed by atoms with van der Waals surface area (Å²) >= 11 is 0. The molecule has 2 aromatic rings. The maximum Gasteiger partial charge on any atom is 0.188 e. The molecular formula is C14H19N5O. The molecule has 0 radical (unpaired) electrons. The van der Waals surface area contributed by atoms with Gasteiger partial charge < -0.3 is 10.5 Å². The van der Waals surface area contributed by atoms with E-state index in [9.17, 15) is 0 Å². The predicted octanol–water partition coefficient (Wildman–Crippen LogP) is 2.29. The van der Waals surface area contributed by atoms with Crippen molar-refractivity contribution < 1.29 is 4.74 Å². The summed E-state index contributed by atoms with van der Waals surface area (Å²) in [6, 6.07) is 5.83. The lowest BCUT2D eigenvalue weighted by Crippen LogP contribution is -2.11. The summed E-state index contributed by atoms with van der Waals surface area (Å²) in [6.45, 7) is 2.14. The van der Waals surface area contributed by atoms with E-state index in [1.807, 2.05) is 22.9 Å². The summed E-state index contributed by atoms with van der Waals surface area (Å²) in [5, 5.41) is 12.1. The monoisotopic (exact) mass is 273 g/mol. The number of hydrogen-bond acceptors (Lipinski definition) is 5. The molecule has 1 atom stereocenters. The molecular weight excluding hydrogens is 254 g/mol. The van der Waals surface area contributed by atoms with Crippen molar-refractivity contribution in [2.75, 3.05) is 12.8 Å². The van der Waals surface area contributed by atoms with E-state index in [0.29, 0.717) is 17.3 Å². The molecule has 1 aliphatic rings. The number of methoxy groups -OCH3 is 1. The highest BCUT2D eigenvalue weighted by molar-refractivity contribution is 5.77. The largest absolute Gasteiger partial charge is 0.496 e. The Kier molecular flexibility index (Phi) is 3.30. The van der Waals surface area contributed by atoms with Crippen molar-refractivity contribution >= 4 is 5.69 Å². The number of ether oxygens (including phenoxy) is 1. The molecule has 0 amide bonds. The molecule has 2 N–H and O–H groups in total. The summed E-state index contributed by atoms with van der Waals surface area (Å²) in [5.74, 6) is 2.19. The average Bonchev–Trinajstić information content (AvgIpc) is 3.12. The van der Waals surface area contributed by atoms with Crippen molar-refractivity contribution in [3.05, 3.63) is 18.2 Å². The average molecular weight is 273 g/mol. The number of nitrogen functional groups attached to an aromatic ring is 1. The van der Waals surface area contributed by atoms with Gasteiger partial charge in [0.05, 0.1) is 18.7 Å². The lowest BCUT2D eigenvalue weighted by Gasteiger charge is -2.15. The van der Waals surface area contributed by atoms with Crippen molar-refractivity contribution in [1.29, 1.82) is 0 Å². The van der Waals surface area contributed by atoms with E-state index >= 15 is 0 Å². The molecule has 1 aliphatic carbocycles. The van der Waals surface area contributed by atoms with Crippen LogP contribution in [0.1, 0.15) is 32.2 Å². The van der Waals surface area contributed by atoms with E-state index in [0.717, 1.165) is 17.9 Å². The predicted molar refractivity (Wildman–Crippen MR) is 76.3 cm³/mol. The second kappa shape index (κ2) is 5.11. The highest BCUT2D eigenvalue weighted by Gasteiger charge is 2.27. The molecule has 0 spiro atoms.